The van der Waals surface area contributed by atoms with Gasteiger partial charge in [0.05, 0.1) is 16.1 Å². The van der Waals surface area contributed by atoms with Crippen molar-refractivity contribution in [3.63, 3.8) is 0 Å². The number of nitrogens with zero attached hydrogens (tertiary/aromatic N) is 1. The molecule has 0 unspecified atom stereocenters. The summed E-state index contributed by atoms with van der Waals surface area (Å²) in [4.78, 5) is 16.9. The molecule has 22 heavy (non-hydrogen) atoms. The molecule has 0 aliphatic carbocycles. The minimum atomic E-state index is -3.67. The molecule has 6 nitrogen and oxygen atoms in total. The molecule has 0 radical (unpaired) electrons. The Morgan fingerprint density at radius 3 is 2.59 bits per heavy atom. The Morgan fingerprint density at radius 1 is 1.32 bits per heavy atom. The first-order chi connectivity index (χ1) is 10.4. The maximum Gasteiger partial charge on any atom is 0.263 e. The monoisotopic (exact) mass is 339 g/mol. The van der Waals surface area contributed by atoms with Crippen molar-refractivity contribution in [3.05, 3.63) is 45.9 Å². The van der Waals surface area contributed by atoms with Crippen molar-refractivity contribution in [2.75, 3.05) is 6.54 Å². The number of aryl methyl sites for hydroxylation is 1. The van der Waals surface area contributed by atoms with Crippen LogP contribution in [-0.2, 0) is 22.9 Å². The molecular weight excluding hydrogens is 322 g/mol. The molecule has 1 aromatic carbocycles. The lowest BCUT2D eigenvalue weighted by molar-refractivity contribution is 0.0957. The van der Waals surface area contributed by atoms with Crippen molar-refractivity contribution >= 4 is 27.3 Å². The van der Waals surface area contributed by atoms with Gasteiger partial charge in [0.25, 0.3) is 5.91 Å². The van der Waals surface area contributed by atoms with Gasteiger partial charge in [-0.25, -0.2) is 18.5 Å². The number of rotatable bonds is 6. The third kappa shape index (κ3) is 4.12. The highest BCUT2D eigenvalue weighted by Crippen LogP contribution is 2.13. The first-order valence-electron chi connectivity index (χ1n) is 6.74. The quantitative estimate of drug-likeness (QED) is 0.828. The molecule has 0 spiro atoms. The largest absolute Gasteiger partial charge is 0.351 e. The van der Waals surface area contributed by atoms with Crippen LogP contribution in [0.25, 0.3) is 0 Å². The molecule has 0 saturated carbocycles. The van der Waals surface area contributed by atoms with Gasteiger partial charge in [0.1, 0.15) is 4.88 Å². The van der Waals surface area contributed by atoms with E-state index in [-0.39, 0.29) is 10.8 Å². The highest BCUT2D eigenvalue weighted by Gasteiger charge is 2.12. The Kier molecular flexibility index (Phi) is 5.28. The molecule has 8 heteroatoms. The fraction of sp³-hybridized carbons (Fsp3) is 0.286. The normalized spacial score (nSPS) is 11.4. The van der Waals surface area contributed by atoms with Gasteiger partial charge in [-0.05, 0) is 30.5 Å². The summed E-state index contributed by atoms with van der Waals surface area (Å²) in [7, 11) is -3.67. The predicted octanol–water partition coefficient (Wildman–Crippen LogP) is 1.33. The van der Waals surface area contributed by atoms with Crippen LogP contribution < -0.4 is 10.5 Å². The highest BCUT2D eigenvalue weighted by molar-refractivity contribution is 7.89. The molecule has 2 rings (SSSR count). The van der Waals surface area contributed by atoms with Gasteiger partial charge in [0, 0.05) is 6.54 Å². The first kappa shape index (κ1) is 16.6. The van der Waals surface area contributed by atoms with Crippen LogP contribution in [-0.4, -0.2) is 25.9 Å². The van der Waals surface area contributed by atoms with Crippen molar-refractivity contribution in [1.29, 1.82) is 0 Å². The Balaban J connectivity index is 1.90. The maximum atomic E-state index is 12.0. The zero-order valence-electron chi connectivity index (χ0n) is 12.1. The Bertz CT molecular complexity index is 752. The van der Waals surface area contributed by atoms with Crippen molar-refractivity contribution in [1.82, 2.24) is 10.3 Å². The summed E-state index contributed by atoms with van der Waals surface area (Å²) in [5.74, 6) is -0.125. The van der Waals surface area contributed by atoms with E-state index >= 15 is 0 Å². The molecule has 1 aromatic heterocycles. The van der Waals surface area contributed by atoms with E-state index < -0.39 is 10.0 Å². The number of hydrogen-bond donors (Lipinski definition) is 2. The predicted molar refractivity (Wildman–Crippen MR) is 85.3 cm³/mol. The van der Waals surface area contributed by atoms with Crippen LogP contribution in [0.1, 0.15) is 27.9 Å². The van der Waals surface area contributed by atoms with Gasteiger partial charge in [-0.3, -0.25) is 4.79 Å². The van der Waals surface area contributed by atoms with E-state index in [9.17, 15) is 13.2 Å². The van der Waals surface area contributed by atoms with Crippen LogP contribution in [0.5, 0.6) is 0 Å². The van der Waals surface area contributed by atoms with Crippen LogP contribution in [0.2, 0.25) is 0 Å². The van der Waals surface area contributed by atoms with Crippen LogP contribution in [0.4, 0.5) is 0 Å². The van der Waals surface area contributed by atoms with Crippen molar-refractivity contribution < 1.29 is 13.2 Å². The molecule has 0 fully saturated rings. The number of hydrogen-bond acceptors (Lipinski definition) is 5. The lowest BCUT2D eigenvalue weighted by Gasteiger charge is -2.06. The average Bonchev–Trinajstić information content (AvgIpc) is 2.95. The van der Waals surface area contributed by atoms with E-state index in [1.54, 1.807) is 17.6 Å². The number of nitrogens with one attached hydrogen (secondary N) is 1. The van der Waals surface area contributed by atoms with Gasteiger partial charge < -0.3 is 5.32 Å². The molecule has 0 bridgehead atoms. The Hall–Kier alpha value is -1.77. The van der Waals surface area contributed by atoms with Crippen LogP contribution in [0, 0.1) is 0 Å². The second-order valence-corrected chi connectivity index (χ2v) is 7.09. The van der Waals surface area contributed by atoms with Crippen LogP contribution in [0.15, 0.2) is 34.7 Å². The minimum absolute atomic E-state index is 0.0810. The number of primary sulfonamides is 1. The van der Waals surface area contributed by atoms with Gasteiger partial charge in [-0.1, -0.05) is 19.1 Å². The van der Waals surface area contributed by atoms with E-state index in [0.29, 0.717) is 17.8 Å². The van der Waals surface area contributed by atoms with Crippen molar-refractivity contribution in [2.24, 2.45) is 5.14 Å². The third-order valence-corrected chi connectivity index (χ3v) is 4.93. The zero-order chi connectivity index (χ0) is 16.2. The van der Waals surface area contributed by atoms with Gasteiger partial charge in [-0.15, -0.1) is 11.3 Å². The Labute approximate surface area is 133 Å². The number of carbonyl (C=O) groups is 1. The molecular formula is C14H17N3O3S2. The second-order valence-electron chi connectivity index (χ2n) is 4.68. The number of aromatic nitrogens is 1. The SMILES string of the molecule is CCc1ncsc1C(=O)NCCc1ccc(S(N)(=O)=O)cc1. The standard InChI is InChI=1S/C14H17N3O3S2/c1-2-12-13(21-9-17-12)14(18)16-8-7-10-3-5-11(6-4-10)22(15,19)20/h3-6,9H,2,7-8H2,1H3,(H,16,18)(H2,15,19,20). The average molecular weight is 339 g/mol. The number of carbonyl (C=O) groups excluding carboxylic acids is 1. The number of benzene rings is 1. The highest BCUT2D eigenvalue weighted by atomic mass is 32.2. The molecule has 0 aliphatic heterocycles. The summed E-state index contributed by atoms with van der Waals surface area (Å²) in [6.07, 6.45) is 1.33. The lowest BCUT2D eigenvalue weighted by atomic mass is 10.1. The van der Waals surface area contributed by atoms with Gasteiger partial charge in [-0.2, -0.15) is 0 Å². The zero-order valence-corrected chi connectivity index (χ0v) is 13.7. The van der Waals surface area contributed by atoms with Crippen LogP contribution in [0.3, 0.4) is 0 Å². The maximum absolute atomic E-state index is 12.0. The molecule has 1 heterocycles. The summed E-state index contributed by atoms with van der Waals surface area (Å²) in [5, 5.41) is 7.88. The fourth-order valence-electron chi connectivity index (χ4n) is 1.95. The Morgan fingerprint density at radius 2 is 2.00 bits per heavy atom. The van der Waals surface area contributed by atoms with E-state index in [0.717, 1.165) is 17.7 Å². The number of amides is 1. The topological polar surface area (TPSA) is 102 Å². The molecule has 0 aliphatic rings. The molecule has 0 atom stereocenters. The van der Waals surface area contributed by atoms with E-state index in [4.69, 9.17) is 5.14 Å². The summed E-state index contributed by atoms with van der Waals surface area (Å²) in [6, 6.07) is 6.31. The molecule has 118 valence electrons. The molecule has 2 aromatic rings. The second kappa shape index (κ2) is 6.99. The van der Waals surface area contributed by atoms with E-state index in [1.165, 1.54) is 23.5 Å². The smallest absolute Gasteiger partial charge is 0.263 e. The summed E-state index contributed by atoms with van der Waals surface area (Å²) >= 11 is 1.33. The number of thiazole rings is 1. The van der Waals surface area contributed by atoms with Gasteiger partial charge in [0.15, 0.2) is 0 Å². The van der Waals surface area contributed by atoms with Gasteiger partial charge in [0.2, 0.25) is 10.0 Å². The summed E-state index contributed by atoms with van der Waals surface area (Å²) < 4.78 is 22.3. The first-order valence-corrected chi connectivity index (χ1v) is 9.16. The fourth-order valence-corrected chi connectivity index (χ4v) is 3.27. The molecule has 0 saturated heterocycles. The number of nitrogens with two attached hydrogens (primary N) is 1. The molecule has 3 N–H and O–H groups in total. The lowest BCUT2D eigenvalue weighted by Crippen LogP contribution is -2.25. The number of sulfonamides is 1. The van der Waals surface area contributed by atoms with E-state index in [1.807, 2.05) is 6.92 Å². The van der Waals surface area contributed by atoms with Gasteiger partial charge >= 0.3 is 0 Å². The van der Waals surface area contributed by atoms with Crippen molar-refractivity contribution in [3.8, 4) is 0 Å². The minimum Gasteiger partial charge on any atom is -0.351 e. The van der Waals surface area contributed by atoms with Crippen molar-refractivity contribution in [2.45, 2.75) is 24.7 Å². The molecule has 1 amide bonds. The summed E-state index contributed by atoms with van der Waals surface area (Å²) in [6.45, 7) is 2.42. The van der Waals surface area contributed by atoms with Crippen LogP contribution >= 0.6 is 11.3 Å². The summed E-state index contributed by atoms with van der Waals surface area (Å²) in [5.41, 5.74) is 3.40. The third-order valence-electron chi connectivity index (χ3n) is 3.13. The van der Waals surface area contributed by atoms with E-state index in [2.05, 4.69) is 10.3 Å².